The molecule has 3 rings (SSSR count). The van der Waals surface area contributed by atoms with Gasteiger partial charge in [-0.25, -0.2) is 0 Å². The molecular formula is C17H20N2O2. The molecule has 2 N–H and O–H groups in total. The van der Waals surface area contributed by atoms with Crippen molar-refractivity contribution >= 4 is 5.91 Å². The minimum atomic E-state index is -0.483. The third-order valence-electron chi connectivity index (χ3n) is 4.34. The zero-order valence-corrected chi connectivity index (χ0v) is 12.0. The van der Waals surface area contributed by atoms with Crippen LogP contribution in [-0.2, 0) is 6.42 Å². The maximum Gasteiger partial charge on any atom is 0.270 e. The van der Waals surface area contributed by atoms with Gasteiger partial charge in [0, 0.05) is 12.7 Å². The quantitative estimate of drug-likeness (QED) is 0.904. The van der Waals surface area contributed by atoms with Crippen LogP contribution in [0.5, 0.6) is 0 Å². The van der Waals surface area contributed by atoms with Crippen molar-refractivity contribution in [1.29, 1.82) is 0 Å². The molecule has 21 heavy (non-hydrogen) atoms. The molecule has 1 amide bonds. The van der Waals surface area contributed by atoms with Gasteiger partial charge in [0.1, 0.15) is 5.69 Å². The lowest BCUT2D eigenvalue weighted by molar-refractivity contribution is 0.0407. The lowest BCUT2D eigenvalue weighted by Gasteiger charge is -2.37. The number of benzene rings is 1. The molecule has 2 heterocycles. The van der Waals surface area contributed by atoms with E-state index >= 15 is 0 Å². The fourth-order valence-corrected chi connectivity index (χ4v) is 3.24. The van der Waals surface area contributed by atoms with Crippen LogP contribution < -0.4 is 0 Å². The molecule has 0 saturated carbocycles. The monoisotopic (exact) mass is 284 g/mol. The lowest BCUT2D eigenvalue weighted by Crippen LogP contribution is -2.51. The summed E-state index contributed by atoms with van der Waals surface area (Å²) in [6.07, 6.45) is 4.21. The van der Waals surface area contributed by atoms with Crippen molar-refractivity contribution < 1.29 is 9.90 Å². The van der Waals surface area contributed by atoms with Crippen LogP contribution in [-0.4, -0.2) is 39.6 Å². The number of carbonyl (C=O) groups is 1. The fourth-order valence-electron chi connectivity index (χ4n) is 3.24. The molecule has 2 aromatic rings. The summed E-state index contributed by atoms with van der Waals surface area (Å²) in [4.78, 5) is 17.5. The van der Waals surface area contributed by atoms with Gasteiger partial charge in [-0.05, 0) is 37.0 Å². The van der Waals surface area contributed by atoms with Gasteiger partial charge in [0.15, 0.2) is 0 Å². The Balaban J connectivity index is 1.87. The highest BCUT2D eigenvalue weighted by atomic mass is 16.3. The first kappa shape index (κ1) is 13.9. The van der Waals surface area contributed by atoms with Crippen LogP contribution in [0.3, 0.4) is 0 Å². The Labute approximate surface area is 124 Å². The molecule has 1 saturated heterocycles. The maximum atomic E-state index is 12.7. The van der Waals surface area contributed by atoms with Crippen molar-refractivity contribution in [2.45, 2.75) is 24.8 Å². The van der Waals surface area contributed by atoms with E-state index in [0.29, 0.717) is 18.7 Å². The molecule has 0 bridgehead atoms. The molecule has 4 heteroatoms. The summed E-state index contributed by atoms with van der Waals surface area (Å²) in [5.74, 6) is -0.0255. The number of aliphatic hydroxyl groups excluding tert-OH is 1. The number of hydrogen-bond acceptors (Lipinski definition) is 2. The SMILES string of the molecule is O=C(c1ccc[nH]1)N1CCCC1(CO)Cc1ccccc1. The number of nitrogens with zero attached hydrogens (tertiary/aromatic N) is 1. The summed E-state index contributed by atoms with van der Waals surface area (Å²) in [5.41, 5.74) is 1.25. The number of likely N-dealkylation sites (tertiary alicyclic amines) is 1. The Bertz CT molecular complexity index is 595. The van der Waals surface area contributed by atoms with Crippen LogP contribution in [0.2, 0.25) is 0 Å². The van der Waals surface area contributed by atoms with E-state index in [0.717, 1.165) is 18.4 Å². The molecule has 1 aliphatic rings. The summed E-state index contributed by atoms with van der Waals surface area (Å²) in [7, 11) is 0. The van der Waals surface area contributed by atoms with Crippen molar-refractivity contribution in [3.05, 3.63) is 59.9 Å². The maximum absolute atomic E-state index is 12.7. The number of carbonyl (C=O) groups excluding carboxylic acids is 1. The number of aromatic nitrogens is 1. The minimum absolute atomic E-state index is 0.00561. The van der Waals surface area contributed by atoms with E-state index in [9.17, 15) is 9.90 Å². The molecule has 110 valence electrons. The third kappa shape index (κ3) is 2.59. The Morgan fingerprint density at radius 3 is 2.71 bits per heavy atom. The predicted octanol–water partition coefficient (Wildman–Crippen LogP) is 2.22. The molecule has 4 nitrogen and oxygen atoms in total. The zero-order chi connectivity index (χ0) is 14.7. The molecule has 1 atom stereocenters. The highest BCUT2D eigenvalue weighted by molar-refractivity contribution is 5.93. The molecule has 1 fully saturated rings. The van der Waals surface area contributed by atoms with Crippen molar-refractivity contribution in [3.8, 4) is 0 Å². The van der Waals surface area contributed by atoms with Crippen molar-refractivity contribution in [1.82, 2.24) is 9.88 Å². The first-order chi connectivity index (χ1) is 10.2. The highest BCUT2D eigenvalue weighted by Crippen LogP contribution is 2.33. The standard InChI is InChI=1S/C17H20N2O2/c20-13-17(12-14-6-2-1-3-7-14)9-5-11-19(17)16(21)15-8-4-10-18-15/h1-4,6-8,10,18,20H,5,9,11-13H2. The van der Waals surface area contributed by atoms with Crippen molar-refractivity contribution in [3.63, 3.8) is 0 Å². The van der Waals surface area contributed by atoms with Crippen LogP contribution >= 0.6 is 0 Å². The second-order valence-corrected chi connectivity index (χ2v) is 5.69. The average Bonchev–Trinajstić information content (AvgIpc) is 3.18. The zero-order valence-electron chi connectivity index (χ0n) is 12.0. The Morgan fingerprint density at radius 1 is 1.24 bits per heavy atom. The second kappa shape index (κ2) is 5.74. The average molecular weight is 284 g/mol. The molecule has 1 aromatic carbocycles. The Kier molecular flexibility index (Phi) is 3.80. The number of hydrogen-bond donors (Lipinski definition) is 2. The summed E-state index contributed by atoms with van der Waals surface area (Å²) in [5, 5.41) is 9.99. The number of nitrogens with one attached hydrogen (secondary N) is 1. The number of aliphatic hydroxyl groups is 1. The molecule has 0 aliphatic carbocycles. The van der Waals surface area contributed by atoms with Crippen molar-refractivity contribution in [2.24, 2.45) is 0 Å². The van der Waals surface area contributed by atoms with Crippen LogP contribution in [0, 0.1) is 0 Å². The van der Waals surface area contributed by atoms with E-state index in [1.807, 2.05) is 41.3 Å². The van der Waals surface area contributed by atoms with Gasteiger partial charge in [0.25, 0.3) is 5.91 Å². The minimum Gasteiger partial charge on any atom is -0.394 e. The van der Waals surface area contributed by atoms with Gasteiger partial charge in [0.2, 0.25) is 0 Å². The number of rotatable bonds is 4. The van der Waals surface area contributed by atoms with Crippen molar-refractivity contribution in [2.75, 3.05) is 13.2 Å². The molecule has 1 aromatic heterocycles. The van der Waals surface area contributed by atoms with E-state index in [-0.39, 0.29) is 12.5 Å². The molecule has 0 radical (unpaired) electrons. The van der Waals surface area contributed by atoms with Gasteiger partial charge < -0.3 is 15.0 Å². The first-order valence-electron chi connectivity index (χ1n) is 7.35. The first-order valence-corrected chi connectivity index (χ1v) is 7.35. The number of amides is 1. The molecular weight excluding hydrogens is 264 g/mol. The van der Waals surface area contributed by atoms with E-state index in [1.165, 1.54) is 0 Å². The van der Waals surface area contributed by atoms with Crippen LogP contribution in [0.15, 0.2) is 48.7 Å². The van der Waals surface area contributed by atoms with Crippen LogP contribution in [0.4, 0.5) is 0 Å². The van der Waals surface area contributed by atoms with Gasteiger partial charge in [-0.15, -0.1) is 0 Å². The van der Waals surface area contributed by atoms with Gasteiger partial charge >= 0.3 is 0 Å². The summed E-state index contributed by atoms with van der Waals surface area (Å²) in [6.45, 7) is 0.694. The highest BCUT2D eigenvalue weighted by Gasteiger charge is 2.43. The largest absolute Gasteiger partial charge is 0.394 e. The predicted molar refractivity (Wildman–Crippen MR) is 81.0 cm³/mol. The smallest absolute Gasteiger partial charge is 0.270 e. The van der Waals surface area contributed by atoms with Gasteiger partial charge in [-0.1, -0.05) is 30.3 Å². The Morgan fingerprint density at radius 2 is 2.05 bits per heavy atom. The van der Waals surface area contributed by atoms with Gasteiger partial charge in [0.05, 0.1) is 12.1 Å². The second-order valence-electron chi connectivity index (χ2n) is 5.69. The third-order valence-corrected chi connectivity index (χ3v) is 4.34. The van der Waals surface area contributed by atoms with Crippen LogP contribution in [0.25, 0.3) is 0 Å². The van der Waals surface area contributed by atoms with E-state index < -0.39 is 5.54 Å². The topological polar surface area (TPSA) is 56.3 Å². The molecule has 1 unspecified atom stereocenters. The summed E-state index contributed by atoms with van der Waals surface area (Å²) >= 11 is 0. The van der Waals surface area contributed by atoms with Gasteiger partial charge in [-0.3, -0.25) is 4.79 Å². The summed E-state index contributed by atoms with van der Waals surface area (Å²) < 4.78 is 0. The van der Waals surface area contributed by atoms with Gasteiger partial charge in [-0.2, -0.15) is 0 Å². The summed E-state index contributed by atoms with van der Waals surface area (Å²) in [6, 6.07) is 13.7. The normalized spacial score (nSPS) is 21.7. The molecule has 1 aliphatic heterocycles. The van der Waals surface area contributed by atoms with E-state index in [1.54, 1.807) is 12.3 Å². The lowest BCUT2D eigenvalue weighted by atomic mass is 9.88. The Hall–Kier alpha value is -2.07. The van der Waals surface area contributed by atoms with E-state index in [2.05, 4.69) is 4.98 Å². The number of H-pyrrole nitrogens is 1. The van der Waals surface area contributed by atoms with E-state index in [4.69, 9.17) is 0 Å². The number of aromatic amines is 1. The van der Waals surface area contributed by atoms with Crippen LogP contribution in [0.1, 0.15) is 28.9 Å². The fraction of sp³-hybridized carbons (Fsp3) is 0.353. The molecule has 0 spiro atoms.